The number of benzene rings is 1. The second-order valence-corrected chi connectivity index (χ2v) is 6.26. The third kappa shape index (κ3) is 5.65. The van der Waals surface area contributed by atoms with E-state index >= 15 is 0 Å². The van der Waals surface area contributed by atoms with E-state index in [1.165, 1.54) is 4.90 Å². The number of carbonyl (C=O) groups excluding carboxylic acids is 1. The number of ether oxygens (including phenoxy) is 1. The van der Waals surface area contributed by atoms with Crippen molar-refractivity contribution in [3.63, 3.8) is 0 Å². The lowest BCUT2D eigenvalue weighted by molar-refractivity contribution is -0.907. The topological polar surface area (TPSA) is 42.8 Å². The number of rotatable bonds is 5. The molecule has 1 aliphatic rings. The Morgan fingerprint density at radius 1 is 1.38 bits per heavy atom. The minimum absolute atomic E-state index is 0.105. The van der Waals surface area contributed by atoms with Crippen LogP contribution in [-0.4, -0.2) is 44.3 Å². The highest BCUT2D eigenvalue weighted by molar-refractivity contribution is 6.30. The van der Waals surface area contributed by atoms with Crippen LogP contribution in [0, 0.1) is 0 Å². The van der Waals surface area contributed by atoms with Crippen LogP contribution in [0.25, 0.3) is 0 Å². The highest BCUT2D eigenvalue weighted by atomic mass is 35.5. The van der Waals surface area contributed by atoms with Crippen molar-refractivity contribution in [1.82, 2.24) is 5.32 Å². The van der Waals surface area contributed by atoms with Crippen LogP contribution in [0.1, 0.15) is 19.4 Å². The van der Waals surface area contributed by atoms with E-state index in [-0.39, 0.29) is 18.1 Å². The van der Waals surface area contributed by atoms with E-state index in [0.29, 0.717) is 13.1 Å². The minimum atomic E-state index is 0.105. The van der Waals surface area contributed by atoms with E-state index in [9.17, 15) is 4.79 Å². The molecule has 2 rings (SSSR count). The predicted molar refractivity (Wildman–Crippen MR) is 83.7 cm³/mol. The molecule has 1 saturated heterocycles. The number of hydrogen-bond acceptors (Lipinski definition) is 2. The number of halogens is 1. The Hall–Kier alpha value is -1.10. The van der Waals surface area contributed by atoms with Crippen molar-refractivity contribution in [2.24, 2.45) is 0 Å². The molecule has 0 aliphatic carbocycles. The molecule has 1 heterocycles. The van der Waals surface area contributed by atoms with Crippen LogP contribution in [0.4, 0.5) is 0 Å². The van der Waals surface area contributed by atoms with Crippen LogP contribution >= 0.6 is 11.6 Å². The Morgan fingerprint density at radius 3 is 2.76 bits per heavy atom. The van der Waals surface area contributed by atoms with Gasteiger partial charge in [0.15, 0.2) is 6.54 Å². The predicted octanol–water partition coefficient (Wildman–Crippen LogP) is 0.691. The lowest BCUT2D eigenvalue weighted by Gasteiger charge is -2.31. The van der Waals surface area contributed by atoms with Crippen LogP contribution in [0.15, 0.2) is 24.3 Å². The van der Waals surface area contributed by atoms with Crippen molar-refractivity contribution < 1.29 is 14.4 Å². The number of carbonyl (C=O) groups is 1. The molecule has 1 fully saturated rings. The minimum Gasteiger partial charge on any atom is -0.364 e. The maximum Gasteiger partial charge on any atom is 0.275 e. The fourth-order valence-corrected chi connectivity index (χ4v) is 3.07. The summed E-state index contributed by atoms with van der Waals surface area (Å²) in [6.45, 7) is 7.08. The van der Waals surface area contributed by atoms with E-state index in [4.69, 9.17) is 16.3 Å². The highest BCUT2D eigenvalue weighted by Gasteiger charge is 2.26. The monoisotopic (exact) mass is 311 g/mol. The second-order valence-electron chi connectivity index (χ2n) is 5.82. The first kappa shape index (κ1) is 16.3. The summed E-state index contributed by atoms with van der Waals surface area (Å²) in [5, 5.41) is 3.72. The summed E-state index contributed by atoms with van der Waals surface area (Å²) in [6, 6.07) is 7.74. The van der Waals surface area contributed by atoms with E-state index in [1.807, 2.05) is 24.3 Å². The summed E-state index contributed by atoms with van der Waals surface area (Å²) < 4.78 is 5.68. The van der Waals surface area contributed by atoms with Crippen LogP contribution in [0.2, 0.25) is 5.02 Å². The maximum absolute atomic E-state index is 12.0. The van der Waals surface area contributed by atoms with Gasteiger partial charge in [0.25, 0.3) is 5.91 Å². The Bertz CT molecular complexity index is 471. The van der Waals surface area contributed by atoms with Gasteiger partial charge in [-0.15, -0.1) is 0 Å². The first-order valence-corrected chi connectivity index (χ1v) is 7.91. The zero-order chi connectivity index (χ0) is 15.2. The van der Waals surface area contributed by atoms with E-state index < -0.39 is 0 Å². The highest BCUT2D eigenvalue weighted by Crippen LogP contribution is 2.10. The fraction of sp³-hybridized carbons (Fsp3) is 0.562. The quantitative estimate of drug-likeness (QED) is 0.840. The van der Waals surface area contributed by atoms with Gasteiger partial charge in [-0.1, -0.05) is 23.7 Å². The van der Waals surface area contributed by atoms with Crippen molar-refractivity contribution in [2.75, 3.05) is 26.2 Å². The van der Waals surface area contributed by atoms with Gasteiger partial charge in [-0.25, -0.2) is 0 Å². The molecule has 0 spiro atoms. The molecular formula is C16H24ClN2O2+. The number of morpholine rings is 1. The molecule has 1 unspecified atom stereocenters. The summed E-state index contributed by atoms with van der Waals surface area (Å²) in [4.78, 5) is 13.3. The number of nitrogens with one attached hydrogen (secondary N) is 2. The third-order valence-corrected chi connectivity index (χ3v) is 3.89. The molecule has 0 aromatic heterocycles. The van der Waals surface area contributed by atoms with Gasteiger partial charge in [-0.05, 0) is 38.0 Å². The fourth-order valence-electron chi connectivity index (χ4n) is 2.86. The molecule has 116 valence electrons. The molecule has 0 radical (unpaired) electrons. The van der Waals surface area contributed by atoms with E-state index in [2.05, 4.69) is 19.2 Å². The Balaban J connectivity index is 1.70. The smallest absolute Gasteiger partial charge is 0.275 e. The zero-order valence-corrected chi connectivity index (χ0v) is 13.5. The standard InChI is InChI=1S/C16H23ClN2O2/c1-12-9-19(10-13(2)21-12)11-16(20)18-7-6-14-4-3-5-15(17)8-14/h3-5,8,12-13H,6-7,9-11H2,1-2H3,(H,18,20)/p+1/t12-,13+. The number of hydrogen-bond donors (Lipinski definition) is 2. The molecule has 4 nitrogen and oxygen atoms in total. The molecule has 0 bridgehead atoms. The van der Waals surface area contributed by atoms with Gasteiger partial charge in [-0.3, -0.25) is 4.79 Å². The molecule has 21 heavy (non-hydrogen) atoms. The van der Waals surface area contributed by atoms with Gasteiger partial charge in [-0.2, -0.15) is 0 Å². The molecular weight excluding hydrogens is 288 g/mol. The lowest BCUT2D eigenvalue weighted by Crippen LogP contribution is -3.16. The first-order chi connectivity index (χ1) is 10.0. The molecule has 1 aliphatic heterocycles. The van der Waals surface area contributed by atoms with Crippen LogP contribution in [0.3, 0.4) is 0 Å². The average Bonchev–Trinajstić information content (AvgIpc) is 2.37. The van der Waals surface area contributed by atoms with Gasteiger partial charge in [0.05, 0.1) is 0 Å². The van der Waals surface area contributed by atoms with Crippen LogP contribution in [0.5, 0.6) is 0 Å². The normalized spacial score (nSPS) is 25.6. The molecule has 1 aromatic rings. The third-order valence-electron chi connectivity index (χ3n) is 3.65. The second kappa shape index (κ2) is 7.78. The Labute approximate surface area is 131 Å². The van der Waals surface area contributed by atoms with E-state index in [0.717, 1.165) is 30.1 Å². The van der Waals surface area contributed by atoms with Crippen molar-refractivity contribution >= 4 is 17.5 Å². The van der Waals surface area contributed by atoms with Gasteiger partial charge >= 0.3 is 0 Å². The summed E-state index contributed by atoms with van der Waals surface area (Å²) in [6.07, 6.45) is 1.25. The van der Waals surface area contributed by atoms with Gasteiger partial charge in [0.1, 0.15) is 25.3 Å². The van der Waals surface area contributed by atoms with Crippen molar-refractivity contribution in [2.45, 2.75) is 32.5 Å². The molecule has 2 N–H and O–H groups in total. The number of quaternary nitrogens is 1. The van der Waals surface area contributed by atoms with Gasteiger partial charge in [0.2, 0.25) is 0 Å². The average molecular weight is 312 g/mol. The van der Waals surface area contributed by atoms with Crippen LogP contribution in [-0.2, 0) is 16.0 Å². The molecule has 5 heteroatoms. The zero-order valence-electron chi connectivity index (χ0n) is 12.7. The Kier molecular flexibility index (Phi) is 6.03. The summed E-state index contributed by atoms with van der Waals surface area (Å²) in [5.74, 6) is 0.105. The largest absolute Gasteiger partial charge is 0.364 e. The lowest BCUT2D eigenvalue weighted by atomic mass is 10.1. The maximum atomic E-state index is 12.0. The Morgan fingerprint density at radius 2 is 2.10 bits per heavy atom. The molecule has 0 saturated carbocycles. The van der Waals surface area contributed by atoms with E-state index in [1.54, 1.807) is 0 Å². The van der Waals surface area contributed by atoms with Crippen molar-refractivity contribution in [3.8, 4) is 0 Å². The summed E-state index contributed by atoms with van der Waals surface area (Å²) in [5.41, 5.74) is 1.14. The molecule has 1 amide bonds. The first-order valence-electron chi connectivity index (χ1n) is 7.53. The SMILES string of the molecule is C[C@@H]1C[NH+](CC(=O)NCCc2cccc(Cl)c2)C[C@H](C)O1. The van der Waals surface area contributed by atoms with Crippen LogP contribution < -0.4 is 10.2 Å². The summed E-state index contributed by atoms with van der Waals surface area (Å²) >= 11 is 5.94. The van der Waals surface area contributed by atoms with Crippen molar-refractivity contribution in [1.29, 1.82) is 0 Å². The number of amides is 1. The molecule has 1 aromatic carbocycles. The summed E-state index contributed by atoms with van der Waals surface area (Å²) in [7, 11) is 0. The van der Waals surface area contributed by atoms with Gasteiger partial charge < -0.3 is 15.0 Å². The van der Waals surface area contributed by atoms with Crippen molar-refractivity contribution in [3.05, 3.63) is 34.9 Å². The van der Waals surface area contributed by atoms with Gasteiger partial charge in [0, 0.05) is 11.6 Å². The molecule has 3 atom stereocenters.